The van der Waals surface area contributed by atoms with E-state index in [1.165, 1.54) is 17.5 Å². The van der Waals surface area contributed by atoms with Crippen molar-refractivity contribution in [2.75, 3.05) is 11.9 Å². The number of nitrogens with one attached hydrogen (secondary N) is 1. The average Bonchev–Trinajstić information content (AvgIpc) is 2.71. The first-order chi connectivity index (χ1) is 8.70. The summed E-state index contributed by atoms with van der Waals surface area (Å²) in [6.07, 6.45) is 3.68. The van der Waals surface area contributed by atoms with Gasteiger partial charge in [0.1, 0.15) is 0 Å². The van der Waals surface area contributed by atoms with Gasteiger partial charge in [-0.05, 0) is 19.1 Å². The summed E-state index contributed by atoms with van der Waals surface area (Å²) < 4.78 is 0. The Kier molecular flexibility index (Phi) is 4.01. The molecule has 2 rings (SSSR count). The molecule has 2 heterocycles. The van der Waals surface area contributed by atoms with Crippen LogP contribution in [0, 0.1) is 6.92 Å². The molecule has 0 saturated carbocycles. The molecule has 0 atom stereocenters. The molecule has 0 unspecified atom stereocenters. The summed E-state index contributed by atoms with van der Waals surface area (Å²) in [7, 11) is 0. The first kappa shape index (κ1) is 12.7. The molecule has 2 N–H and O–H groups in total. The molecule has 18 heavy (non-hydrogen) atoms. The Hall–Kier alpha value is -1.79. The maximum Gasteiger partial charge on any atom is 0.259 e. The molecule has 0 fully saturated rings. The molecule has 0 aromatic carbocycles. The summed E-state index contributed by atoms with van der Waals surface area (Å²) in [5.41, 5.74) is 1.34. The molecular weight excluding hydrogens is 250 g/mol. The highest BCUT2D eigenvalue weighted by Gasteiger charge is 2.11. The number of aliphatic hydroxyl groups excluding tert-OH is 1. The van der Waals surface area contributed by atoms with Gasteiger partial charge in [-0.3, -0.25) is 15.1 Å². The monoisotopic (exact) mass is 263 g/mol. The lowest BCUT2D eigenvalue weighted by molar-refractivity contribution is 0.102. The van der Waals surface area contributed by atoms with Crippen LogP contribution in [0.1, 0.15) is 20.9 Å². The predicted octanol–water partition coefficient (Wildman–Crippen LogP) is 1.63. The van der Waals surface area contributed by atoms with Gasteiger partial charge in [-0.1, -0.05) is 0 Å². The number of amides is 1. The van der Waals surface area contributed by atoms with Crippen LogP contribution in [0.2, 0.25) is 0 Å². The summed E-state index contributed by atoms with van der Waals surface area (Å²) in [5, 5.41) is 12.2. The second-order valence-electron chi connectivity index (χ2n) is 3.70. The molecular formula is C12H13N3O2S. The number of anilines is 1. The maximum atomic E-state index is 11.9. The zero-order valence-electron chi connectivity index (χ0n) is 9.88. The Bertz CT molecular complexity index is 540. The summed E-state index contributed by atoms with van der Waals surface area (Å²) >= 11 is 1.38. The molecule has 2 aromatic heterocycles. The number of nitrogens with zero attached hydrogens (tertiary/aromatic N) is 2. The third-order valence-electron chi connectivity index (χ3n) is 2.38. The van der Waals surface area contributed by atoms with E-state index in [2.05, 4.69) is 15.3 Å². The van der Waals surface area contributed by atoms with Gasteiger partial charge in [-0.15, -0.1) is 11.3 Å². The molecule has 1 amide bonds. The van der Waals surface area contributed by atoms with Crippen molar-refractivity contribution in [1.82, 2.24) is 9.97 Å². The van der Waals surface area contributed by atoms with Crippen LogP contribution < -0.4 is 5.32 Å². The number of carbonyl (C=O) groups is 1. The molecule has 6 heteroatoms. The minimum Gasteiger partial charge on any atom is -0.396 e. The third-order valence-corrected chi connectivity index (χ3v) is 3.51. The van der Waals surface area contributed by atoms with Crippen molar-refractivity contribution in [3.8, 4) is 0 Å². The molecule has 5 nitrogen and oxygen atoms in total. The van der Waals surface area contributed by atoms with E-state index in [0.717, 1.165) is 10.6 Å². The van der Waals surface area contributed by atoms with E-state index in [1.807, 2.05) is 6.92 Å². The number of rotatable bonds is 4. The van der Waals surface area contributed by atoms with Gasteiger partial charge < -0.3 is 5.11 Å². The topological polar surface area (TPSA) is 75.1 Å². The highest BCUT2D eigenvalue weighted by atomic mass is 32.1. The smallest absolute Gasteiger partial charge is 0.259 e. The lowest BCUT2D eigenvalue weighted by Crippen LogP contribution is -2.11. The van der Waals surface area contributed by atoms with Crippen molar-refractivity contribution in [2.45, 2.75) is 13.3 Å². The third kappa shape index (κ3) is 2.91. The molecule has 0 aliphatic heterocycles. The van der Waals surface area contributed by atoms with E-state index in [-0.39, 0.29) is 12.5 Å². The predicted molar refractivity (Wildman–Crippen MR) is 69.8 cm³/mol. The Morgan fingerprint density at radius 3 is 3.06 bits per heavy atom. The highest BCUT2D eigenvalue weighted by molar-refractivity contribution is 7.15. The summed E-state index contributed by atoms with van der Waals surface area (Å²) in [6.45, 7) is 1.94. The van der Waals surface area contributed by atoms with E-state index in [1.54, 1.807) is 18.3 Å². The standard InChI is InChI=1S/C12H13N3O2S/c1-8-10(4-6-16)18-12(14-8)15-11(17)9-3-2-5-13-7-9/h2-3,5,7,16H,4,6H2,1H3,(H,14,15,17). The highest BCUT2D eigenvalue weighted by Crippen LogP contribution is 2.23. The largest absolute Gasteiger partial charge is 0.396 e. The zero-order valence-corrected chi connectivity index (χ0v) is 10.7. The quantitative estimate of drug-likeness (QED) is 0.879. The maximum absolute atomic E-state index is 11.9. The second kappa shape index (κ2) is 5.70. The average molecular weight is 263 g/mol. The Morgan fingerprint density at radius 1 is 1.56 bits per heavy atom. The van der Waals surface area contributed by atoms with Crippen molar-refractivity contribution in [1.29, 1.82) is 0 Å². The molecule has 0 radical (unpaired) electrons. The fraction of sp³-hybridized carbons (Fsp3) is 0.250. The first-order valence-corrected chi connectivity index (χ1v) is 6.31. The van der Waals surface area contributed by atoms with E-state index in [9.17, 15) is 4.79 Å². The van der Waals surface area contributed by atoms with Gasteiger partial charge in [-0.25, -0.2) is 4.98 Å². The molecule has 0 spiro atoms. The normalized spacial score (nSPS) is 10.3. The molecule has 2 aromatic rings. The molecule has 0 bridgehead atoms. The lowest BCUT2D eigenvalue weighted by Gasteiger charge is -1.99. The number of pyridine rings is 1. The number of aryl methyl sites for hydroxylation is 1. The van der Waals surface area contributed by atoms with Crippen LogP contribution in [-0.4, -0.2) is 27.6 Å². The van der Waals surface area contributed by atoms with Crippen LogP contribution in [0.5, 0.6) is 0 Å². The van der Waals surface area contributed by atoms with E-state index < -0.39 is 0 Å². The van der Waals surface area contributed by atoms with Gasteiger partial charge in [0.05, 0.1) is 11.3 Å². The van der Waals surface area contributed by atoms with Gasteiger partial charge >= 0.3 is 0 Å². The molecule has 94 valence electrons. The van der Waals surface area contributed by atoms with Crippen molar-refractivity contribution < 1.29 is 9.90 Å². The summed E-state index contributed by atoms with van der Waals surface area (Å²) in [6, 6.07) is 3.40. The number of aliphatic hydroxyl groups is 1. The summed E-state index contributed by atoms with van der Waals surface area (Å²) in [5.74, 6) is -0.229. The Morgan fingerprint density at radius 2 is 2.39 bits per heavy atom. The number of hydrogen-bond acceptors (Lipinski definition) is 5. The van der Waals surface area contributed by atoms with Crippen LogP contribution in [0.25, 0.3) is 0 Å². The number of hydrogen-bond donors (Lipinski definition) is 2. The van der Waals surface area contributed by atoms with E-state index in [0.29, 0.717) is 17.1 Å². The number of thiazole rings is 1. The van der Waals surface area contributed by atoms with Gasteiger partial charge in [0.2, 0.25) is 0 Å². The number of carbonyl (C=O) groups excluding carboxylic acids is 1. The van der Waals surface area contributed by atoms with Crippen LogP contribution in [0.3, 0.4) is 0 Å². The molecule has 0 aliphatic carbocycles. The van der Waals surface area contributed by atoms with Gasteiger partial charge in [0.15, 0.2) is 5.13 Å². The minimum atomic E-state index is -0.229. The van der Waals surface area contributed by atoms with Crippen LogP contribution >= 0.6 is 11.3 Å². The Balaban J connectivity index is 2.10. The molecule has 0 aliphatic rings. The SMILES string of the molecule is Cc1nc(NC(=O)c2cccnc2)sc1CCO. The van der Waals surface area contributed by atoms with Gasteiger partial charge in [-0.2, -0.15) is 0 Å². The zero-order chi connectivity index (χ0) is 13.0. The molecule has 0 saturated heterocycles. The van der Waals surface area contributed by atoms with Gasteiger partial charge in [0, 0.05) is 30.3 Å². The fourth-order valence-electron chi connectivity index (χ4n) is 1.48. The van der Waals surface area contributed by atoms with Crippen molar-refractivity contribution in [3.05, 3.63) is 40.7 Å². The summed E-state index contributed by atoms with van der Waals surface area (Å²) in [4.78, 5) is 21.0. The second-order valence-corrected chi connectivity index (χ2v) is 4.78. The van der Waals surface area contributed by atoms with Crippen LogP contribution in [0.4, 0.5) is 5.13 Å². The van der Waals surface area contributed by atoms with Crippen molar-refractivity contribution >= 4 is 22.4 Å². The fourth-order valence-corrected chi connectivity index (χ4v) is 2.43. The Labute approximate surface area is 109 Å². The first-order valence-electron chi connectivity index (χ1n) is 5.49. The van der Waals surface area contributed by atoms with Crippen molar-refractivity contribution in [2.24, 2.45) is 0 Å². The van der Waals surface area contributed by atoms with E-state index in [4.69, 9.17) is 5.11 Å². The lowest BCUT2D eigenvalue weighted by atomic mass is 10.3. The van der Waals surface area contributed by atoms with Crippen molar-refractivity contribution in [3.63, 3.8) is 0 Å². The van der Waals surface area contributed by atoms with Crippen LogP contribution in [-0.2, 0) is 6.42 Å². The van der Waals surface area contributed by atoms with Crippen LogP contribution in [0.15, 0.2) is 24.5 Å². The number of aromatic nitrogens is 2. The minimum absolute atomic E-state index is 0.0824. The van der Waals surface area contributed by atoms with E-state index >= 15 is 0 Å². The van der Waals surface area contributed by atoms with Gasteiger partial charge in [0.25, 0.3) is 5.91 Å².